The van der Waals surface area contributed by atoms with Gasteiger partial charge in [0.15, 0.2) is 0 Å². The van der Waals surface area contributed by atoms with E-state index in [2.05, 4.69) is 10.2 Å². The molecule has 0 heterocycles. The van der Waals surface area contributed by atoms with Crippen molar-refractivity contribution in [2.24, 2.45) is 5.73 Å². The third-order valence-corrected chi connectivity index (χ3v) is 2.36. The molecular weight excluding hydrogens is 202 g/mol. The lowest BCUT2D eigenvalue weighted by atomic mass is 10.3. The molecule has 0 aliphatic carbocycles. The molecule has 1 unspecified atom stereocenters. The summed E-state index contributed by atoms with van der Waals surface area (Å²) in [4.78, 5) is 13.3. The van der Waals surface area contributed by atoms with E-state index in [9.17, 15) is 4.79 Å². The molecule has 0 spiro atoms. The van der Waals surface area contributed by atoms with Gasteiger partial charge in [-0.05, 0) is 19.1 Å². The average molecular weight is 221 g/mol. The molecule has 0 fully saturated rings. The van der Waals surface area contributed by atoms with E-state index in [1.54, 1.807) is 6.92 Å². The first kappa shape index (κ1) is 12.5. The van der Waals surface area contributed by atoms with Crippen molar-refractivity contribution in [2.75, 3.05) is 25.0 Å². The Kier molecular flexibility index (Phi) is 4.79. The van der Waals surface area contributed by atoms with E-state index in [-0.39, 0.29) is 5.91 Å². The normalized spacial score (nSPS) is 11.9. The Bertz CT molecular complexity index is 324. The first-order valence-electron chi connectivity index (χ1n) is 5.40. The highest BCUT2D eigenvalue weighted by atomic mass is 16.2. The number of nitrogens with two attached hydrogens (primary N) is 1. The Balaban J connectivity index is 2.31. The summed E-state index contributed by atoms with van der Waals surface area (Å²) in [5.74, 6) is -0.110. The highest BCUT2D eigenvalue weighted by Crippen LogP contribution is 2.09. The Hall–Kier alpha value is -1.55. The van der Waals surface area contributed by atoms with E-state index >= 15 is 0 Å². The molecule has 0 aliphatic rings. The van der Waals surface area contributed by atoms with Crippen LogP contribution in [0.1, 0.15) is 6.92 Å². The number of para-hydroxylation sites is 1. The van der Waals surface area contributed by atoms with E-state index in [0.717, 1.165) is 12.2 Å². The summed E-state index contributed by atoms with van der Waals surface area (Å²) in [7, 11) is 1.99. The highest BCUT2D eigenvalue weighted by molar-refractivity contribution is 5.80. The third kappa shape index (κ3) is 3.90. The smallest absolute Gasteiger partial charge is 0.236 e. The van der Waals surface area contributed by atoms with Crippen LogP contribution in [-0.4, -0.2) is 32.1 Å². The van der Waals surface area contributed by atoms with Gasteiger partial charge in [-0.1, -0.05) is 18.2 Å². The predicted molar refractivity (Wildman–Crippen MR) is 66.4 cm³/mol. The van der Waals surface area contributed by atoms with Crippen molar-refractivity contribution in [3.63, 3.8) is 0 Å². The van der Waals surface area contributed by atoms with Gasteiger partial charge in [-0.25, -0.2) is 0 Å². The van der Waals surface area contributed by atoms with Crippen molar-refractivity contribution in [3.05, 3.63) is 30.3 Å². The van der Waals surface area contributed by atoms with Crippen molar-refractivity contribution in [2.45, 2.75) is 13.0 Å². The lowest BCUT2D eigenvalue weighted by Crippen LogP contribution is -2.41. The van der Waals surface area contributed by atoms with Gasteiger partial charge in [0, 0.05) is 25.8 Å². The van der Waals surface area contributed by atoms with Gasteiger partial charge in [0.05, 0.1) is 6.04 Å². The SMILES string of the molecule is CC(N)C(=O)NCCN(C)c1ccccc1. The van der Waals surface area contributed by atoms with Crippen LogP contribution >= 0.6 is 0 Å². The molecule has 4 nitrogen and oxygen atoms in total. The zero-order valence-electron chi connectivity index (χ0n) is 9.81. The number of anilines is 1. The topological polar surface area (TPSA) is 58.4 Å². The molecule has 88 valence electrons. The van der Waals surface area contributed by atoms with Crippen LogP contribution in [-0.2, 0) is 4.79 Å². The fourth-order valence-electron chi connectivity index (χ4n) is 1.32. The lowest BCUT2D eigenvalue weighted by Gasteiger charge is -2.19. The second kappa shape index (κ2) is 6.12. The first-order chi connectivity index (χ1) is 7.61. The van der Waals surface area contributed by atoms with Crippen molar-refractivity contribution in [1.82, 2.24) is 5.32 Å². The number of benzene rings is 1. The van der Waals surface area contributed by atoms with Crippen LogP contribution in [0.4, 0.5) is 5.69 Å². The number of hydrogen-bond donors (Lipinski definition) is 2. The summed E-state index contributed by atoms with van der Waals surface area (Å²) >= 11 is 0. The van der Waals surface area contributed by atoms with Gasteiger partial charge in [0.25, 0.3) is 0 Å². The minimum atomic E-state index is -0.443. The van der Waals surface area contributed by atoms with E-state index in [4.69, 9.17) is 5.73 Å². The second-order valence-corrected chi connectivity index (χ2v) is 3.84. The zero-order valence-corrected chi connectivity index (χ0v) is 9.81. The van der Waals surface area contributed by atoms with Crippen molar-refractivity contribution in [1.29, 1.82) is 0 Å². The van der Waals surface area contributed by atoms with Gasteiger partial charge in [-0.3, -0.25) is 4.79 Å². The van der Waals surface area contributed by atoms with Gasteiger partial charge in [-0.2, -0.15) is 0 Å². The summed E-state index contributed by atoms with van der Waals surface area (Å²) in [5, 5.41) is 2.78. The number of likely N-dealkylation sites (N-methyl/N-ethyl adjacent to an activating group) is 1. The van der Waals surface area contributed by atoms with Crippen molar-refractivity contribution >= 4 is 11.6 Å². The molecule has 0 saturated heterocycles. The molecule has 16 heavy (non-hydrogen) atoms. The van der Waals surface area contributed by atoms with Crippen molar-refractivity contribution < 1.29 is 4.79 Å². The standard InChI is InChI=1S/C12H19N3O/c1-10(13)12(16)14-8-9-15(2)11-6-4-3-5-7-11/h3-7,10H,8-9,13H2,1-2H3,(H,14,16). The number of carbonyl (C=O) groups excluding carboxylic acids is 1. The summed E-state index contributed by atoms with van der Waals surface area (Å²) in [5.41, 5.74) is 6.57. The number of rotatable bonds is 5. The van der Waals surface area contributed by atoms with Crippen LogP contribution in [0.2, 0.25) is 0 Å². The maximum atomic E-state index is 11.2. The molecule has 0 radical (unpaired) electrons. The van der Waals surface area contributed by atoms with Gasteiger partial charge in [0.2, 0.25) is 5.91 Å². The van der Waals surface area contributed by atoms with Crippen molar-refractivity contribution in [3.8, 4) is 0 Å². The molecule has 1 aromatic rings. The quantitative estimate of drug-likeness (QED) is 0.765. The van der Waals surface area contributed by atoms with Gasteiger partial charge in [0.1, 0.15) is 0 Å². The fourth-order valence-corrected chi connectivity index (χ4v) is 1.32. The minimum absolute atomic E-state index is 0.110. The van der Waals surface area contributed by atoms with E-state index in [1.165, 1.54) is 0 Å². The van der Waals surface area contributed by atoms with Crippen LogP contribution in [0.3, 0.4) is 0 Å². The van der Waals surface area contributed by atoms with Gasteiger partial charge >= 0.3 is 0 Å². The highest BCUT2D eigenvalue weighted by Gasteiger charge is 2.06. The molecule has 0 saturated carbocycles. The Labute approximate surface area is 96.4 Å². The molecule has 1 aromatic carbocycles. The second-order valence-electron chi connectivity index (χ2n) is 3.84. The van der Waals surface area contributed by atoms with E-state index in [0.29, 0.717) is 6.54 Å². The number of hydrogen-bond acceptors (Lipinski definition) is 3. The molecule has 4 heteroatoms. The monoisotopic (exact) mass is 221 g/mol. The minimum Gasteiger partial charge on any atom is -0.373 e. The lowest BCUT2D eigenvalue weighted by molar-refractivity contribution is -0.121. The Morgan fingerprint density at radius 2 is 2.06 bits per heavy atom. The summed E-state index contributed by atoms with van der Waals surface area (Å²) in [6, 6.07) is 9.59. The van der Waals surface area contributed by atoms with Crippen LogP contribution in [0.5, 0.6) is 0 Å². The average Bonchev–Trinajstić information content (AvgIpc) is 2.29. The predicted octanol–water partition coefficient (Wildman–Crippen LogP) is 0.586. The molecular formula is C12H19N3O. The zero-order chi connectivity index (χ0) is 12.0. The molecule has 1 atom stereocenters. The summed E-state index contributed by atoms with van der Waals surface area (Å²) < 4.78 is 0. The maximum absolute atomic E-state index is 11.2. The molecule has 0 bridgehead atoms. The Morgan fingerprint density at radius 1 is 1.44 bits per heavy atom. The number of amides is 1. The van der Waals surface area contributed by atoms with Crippen LogP contribution in [0.15, 0.2) is 30.3 Å². The number of carbonyl (C=O) groups is 1. The van der Waals surface area contributed by atoms with Crippen LogP contribution in [0.25, 0.3) is 0 Å². The van der Waals surface area contributed by atoms with Gasteiger partial charge in [-0.15, -0.1) is 0 Å². The van der Waals surface area contributed by atoms with Crippen LogP contribution in [0, 0.1) is 0 Å². The van der Waals surface area contributed by atoms with E-state index < -0.39 is 6.04 Å². The van der Waals surface area contributed by atoms with Gasteiger partial charge < -0.3 is 16.0 Å². The first-order valence-corrected chi connectivity index (χ1v) is 5.40. The summed E-state index contributed by atoms with van der Waals surface area (Å²) in [6.07, 6.45) is 0. The Morgan fingerprint density at radius 3 is 2.62 bits per heavy atom. The number of nitrogens with zero attached hydrogens (tertiary/aromatic N) is 1. The maximum Gasteiger partial charge on any atom is 0.236 e. The largest absolute Gasteiger partial charge is 0.373 e. The number of nitrogens with one attached hydrogen (secondary N) is 1. The molecule has 0 aromatic heterocycles. The fraction of sp³-hybridized carbons (Fsp3) is 0.417. The molecule has 1 amide bonds. The molecule has 3 N–H and O–H groups in total. The summed E-state index contributed by atoms with van der Waals surface area (Å²) in [6.45, 7) is 3.05. The molecule has 0 aliphatic heterocycles. The van der Waals surface area contributed by atoms with E-state index in [1.807, 2.05) is 37.4 Å². The third-order valence-electron chi connectivity index (χ3n) is 2.36. The molecule has 1 rings (SSSR count). The van der Waals surface area contributed by atoms with Crippen LogP contribution < -0.4 is 16.0 Å².